The Kier molecular flexibility index (Phi) is 4.34. The van der Waals surface area contributed by atoms with E-state index in [4.69, 9.17) is 9.90 Å². The molecule has 2 N–H and O–H groups in total. The van der Waals surface area contributed by atoms with Crippen LogP contribution in [0.5, 0.6) is 0 Å². The van der Waals surface area contributed by atoms with Gasteiger partial charge in [-0.1, -0.05) is 0 Å². The predicted molar refractivity (Wildman–Crippen MR) is 24.3 cm³/mol. The Morgan fingerprint density at radius 1 is 1.67 bits per heavy atom. The first-order valence-electron chi connectivity index (χ1n) is 1.98. The first-order chi connectivity index (χ1) is 2.91. The number of carbonyl (C=O) groups excluding carboxylic acids is 1. The lowest BCUT2D eigenvalue weighted by atomic mass is 10.4. The lowest BCUT2D eigenvalue weighted by Crippen LogP contribution is -1.81. The van der Waals surface area contributed by atoms with Crippen LogP contribution in [0.1, 0.15) is 12.8 Å². The molecule has 0 aromatic rings. The van der Waals surface area contributed by atoms with E-state index < -0.39 is 0 Å². The Bertz CT molecular complexity index is 34.5. The van der Waals surface area contributed by atoms with Crippen molar-refractivity contribution in [3.8, 4) is 0 Å². The highest BCUT2D eigenvalue weighted by Crippen LogP contribution is 1.76. The molecule has 0 bridgehead atoms. The smallest absolute Gasteiger partial charge is 0.281 e. The van der Waals surface area contributed by atoms with Crippen molar-refractivity contribution in [1.82, 2.24) is 0 Å². The highest BCUT2D eigenvalue weighted by atomic mass is 16.3. The fourth-order valence-electron chi connectivity index (χ4n) is 0.183. The van der Waals surface area contributed by atoms with Crippen LogP contribution in [0.2, 0.25) is 0 Å². The molecule has 0 aromatic carbocycles. The van der Waals surface area contributed by atoms with Crippen molar-refractivity contribution in [2.45, 2.75) is 12.8 Å². The van der Waals surface area contributed by atoms with Gasteiger partial charge in [0, 0.05) is 6.61 Å². The van der Waals surface area contributed by atoms with E-state index in [0.717, 1.165) is 6.29 Å². The topological polar surface area (TPSA) is 41.6 Å². The number of aliphatic hydroxyl groups is 1. The van der Waals surface area contributed by atoms with Crippen molar-refractivity contribution in [2.75, 3.05) is 6.61 Å². The number of aldehydes is 1. The van der Waals surface area contributed by atoms with Gasteiger partial charge in [0.15, 0.2) is 0 Å². The number of unbranched alkanes of at least 4 members (excludes halogenated alkanes) is 1. The average molecular weight is 89.1 g/mol. The zero-order valence-corrected chi connectivity index (χ0v) is 3.59. The van der Waals surface area contributed by atoms with Gasteiger partial charge in [0.05, 0.1) is 6.42 Å². The first kappa shape index (κ1) is 5.63. The van der Waals surface area contributed by atoms with Crippen LogP contribution in [0.4, 0.5) is 0 Å². The van der Waals surface area contributed by atoms with Gasteiger partial charge in [0.1, 0.15) is 0 Å². The molecule has 6 heavy (non-hydrogen) atoms. The van der Waals surface area contributed by atoms with Gasteiger partial charge >= 0.3 is 0 Å². The van der Waals surface area contributed by atoms with Crippen molar-refractivity contribution in [1.29, 1.82) is 0 Å². The molecule has 0 amide bonds. The molecule has 0 aliphatic heterocycles. The maximum atomic E-state index is 8.07. The van der Waals surface area contributed by atoms with Gasteiger partial charge in [0.25, 0.3) is 6.29 Å². The van der Waals surface area contributed by atoms with Crippen LogP contribution in [0, 0.1) is 0 Å². The fraction of sp³-hybridized carbons (Fsp3) is 0.750. The third-order valence-corrected chi connectivity index (χ3v) is 0.491. The van der Waals surface area contributed by atoms with Crippen molar-refractivity contribution >= 4 is 6.29 Å². The molecule has 36 valence electrons. The zero-order chi connectivity index (χ0) is 4.83. The molecule has 2 nitrogen and oxygen atoms in total. The second kappa shape index (κ2) is 4.63. The minimum atomic E-state index is 0.164. The van der Waals surface area contributed by atoms with Gasteiger partial charge in [-0.15, -0.1) is 0 Å². The summed E-state index contributed by atoms with van der Waals surface area (Å²) in [5.41, 5.74) is 0. The minimum absolute atomic E-state index is 0.164. The van der Waals surface area contributed by atoms with Gasteiger partial charge in [-0.2, -0.15) is 0 Å². The molecule has 0 aliphatic rings. The van der Waals surface area contributed by atoms with Crippen LogP contribution in [-0.4, -0.2) is 22.8 Å². The Balaban J connectivity index is 2.49. The van der Waals surface area contributed by atoms with Gasteiger partial charge in [-0.05, 0) is 6.42 Å². The summed E-state index contributed by atoms with van der Waals surface area (Å²) in [6.07, 6.45) is 2.31. The summed E-state index contributed by atoms with van der Waals surface area (Å²) in [6, 6.07) is 0. The lowest BCUT2D eigenvalue weighted by Gasteiger charge is -1.76. The molecule has 0 radical (unpaired) electrons. The quantitative estimate of drug-likeness (QED) is 0.293. The lowest BCUT2D eigenvalue weighted by molar-refractivity contribution is 0.291. The van der Waals surface area contributed by atoms with Gasteiger partial charge in [-0.3, -0.25) is 4.79 Å². The summed E-state index contributed by atoms with van der Waals surface area (Å²) in [7, 11) is 0. The van der Waals surface area contributed by atoms with E-state index in [0.29, 0.717) is 12.8 Å². The highest BCUT2D eigenvalue weighted by Gasteiger charge is 1.80. The highest BCUT2D eigenvalue weighted by molar-refractivity contribution is 5.50. The van der Waals surface area contributed by atoms with E-state index in [1.165, 1.54) is 0 Å². The van der Waals surface area contributed by atoms with Crippen LogP contribution in [0.3, 0.4) is 0 Å². The molecule has 0 saturated heterocycles. The molecule has 0 unspecified atom stereocenters. The average Bonchev–Trinajstić information content (AvgIpc) is 1.61. The zero-order valence-electron chi connectivity index (χ0n) is 3.59. The second-order valence-electron chi connectivity index (χ2n) is 1.05. The predicted octanol–water partition coefficient (Wildman–Crippen LogP) is -0.0664. The first-order valence-corrected chi connectivity index (χ1v) is 1.98. The Hall–Kier alpha value is -0.370. The summed E-state index contributed by atoms with van der Waals surface area (Å²) in [5.74, 6) is 0. The molecule has 0 heterocycles. The number of rotatable bonds is 3. The molecule has 0 aliphatic carbocycles. The summed E-state index contributed by atoms with van der Waals surface area (Å²) in [4.78, 5) is 7.96. The summed E-state index contributed by atoms with van der Waals surface area (Å²) in [5, 5.41) is 8.07. The molecule has 0 rings (SSSR count). The van der Waals surface area contributed by atoms with E-state index in [2.05, 4.69) is 0 Å². The van der Waals surface area contributed by atoms with E-state index >= 15 is 0 Å². The SMILES string of the molecule is OCCCC=[OH+]. The standard InChI is InChI=1S/C4H8O2/c5-3-1-2-4-6/h3,6H,1-2,4H2/p+1. The third kappa shape index (κ3) is 3.63. The van der Waals surface area contributed by atoms with E-state index in [-0.39, 0.29) is 6.61 Å². The monoisotopic (exact) mass is 89.1 g/mol. The van der Waals surface area contributed by atoms with Crippen LogP contribution < -0.4 is 0 Å². The number of aliphatic hydroxyl groups excluding tert-OH is 1. The molecule has 0 atom stereocenters. The second-order valence-corrected chi connectivity index (χ2v) is 1.05. The van der Waals surface area contributed by atoms with Crippen LogP contribution in [0.15, 0.2) is 0 Å². The number of hydrogen-bond acceptors (Lipinski definition) is 1. The molecule has 0 fully saturated rings. The fourth-order valence-corrected chi connectivity index (χ4v) is 0.183. The van der Waals surface area contributed by atoms with E-state index in [1.807, 2.05) is 0 Å². The van der Waals surface area contributed by atoms with Crippen LogP contribution in [-0.2, 0) is 0 Å². The summed E-state index contributed by atoms with van der Waals surface area (Å²) in [6.45, 7) is 0.164. The summed E-state index contributed by atoms with van der Waals surface area (Å²) < 4.78 is 0. The molecule has 0 aromatic heterocycles. The van der Waals surface area contributed by atoms with E-state index in [9.17, 15) is 0 Å². The maximum Gasteiger partial charge on any atom is 0.281 e. The Labute approximate surface area is 36.8 Å². The summed E-state index contributed by atoms with van der Waals surface area (Å²) >= 11 is 0. The minimum Gasteiger partial charge on any atom is -0.396 e. The van der Waals surface area contributed by atoms with Gasteiger partial charge in [-0.25, -0.2) is 0 Å². The Morgan fingerprint density at radius 3 is 2.50 bits per heavy atom. The van der Waals surface area contributed by atoms with Crippen molar-refractivity contribution in [2.24, 2.45) is 0 Å². The Morgan fingerprint density at radius 2 is 2.33 bits per heavy atom. The van der Waals surface area contributed by atoms with Crippen LogP contribution >= 0.6 is 0 Å². The van der Waals surface area contributed by atoms with Crippen LogP contribution in [0.25, 0.3) is 0 Å². The van der Waals surface area contributed by atoms with Gasteiger partial charge < -0.3 is 5.11 Å². The van der Waals surface area contributed by atoms with Crippen molar-refractivity contribution in [3.63, 3.8) is 0 Å². The van der Waals surface area contributed by atoms with Crippen molar-refractivity contribution < 1.29 is 9.90 Å². The third-order valence-electron chi connectivity index (χ3n) is 0.491. The largest absolute Gasteiger partial charge is 0.396 e. The maximum absolute atomic E-state index is 8.07. The molecule has 2 heteroatoms. The molecular weight excluding hydrogens is 80.0 g/mol. The molecule has 0 spiro atoms. The van der Waals surface area contributed by atoms with E-state index in [1.54, 1.807) is 0 Å². The number of hydrogen-bond donors (Lipinski definition) is 1. The van der Waals surface area contributed by atoms with Gasteiger partial charge in [0.2, 0.25) is 0 Å². The van der Waals surface area contributed by atoms with Crippen molar-refractivity contribution in [3.05, 3.63) is 0 Å². The molecule has 0 saturated carbocycles. The normalized spacial score (nSPS) is 8.17. The molecular formula is C4H9O2+.